The average molecular weight is 347 g/mol. The first-order valence-electron chi connectivity index (χ1n) is 5.40. The zero-order chi connectivity index (χ0) is 15.1. The maximum atomic E-state index is 13.3. The first-order valence-corrected chi connectivity index (χ1v) is 5.77. The Hall–Kier alpha value is -1.18. The summed E-state index contributed by atoms with van der Waals surface area (Å²) in [6, 6.07) is 4.77. The van der Waals surface area contributed by atoms with Gasteiger partial charge in [0.05, 0.1) is 5.52 Å². The Morgan fingerprint density at radius 1 is 1.10 bits per heavy atom. The molecule has 0 bridgehead atoms. The second kappa shape index (κ2) is 5.90. The van der Waals surface area contributed by atoms with E-state index in [-0.39, 0.29) is 12.4 Å². The molecule has 1 heterocycles. The number of fused-ring (bicyclic) bond motifs is 1. The summed E-state index contributed by atoms with van der Waals surface area (Å²) in [5.74, 6) is -5.10. The zero-order valence-corrected chi connectivity index (χ0v) is 11.7. The van der Waals surface area contributed by atoms with Crippen molar-refractivity contribution >= 4 is 34.9 Å². The number of aromatic nitrogens is 1. The molecule has 1 aromatic carbocycles. The van der Waals surface area contributed by atoms with Crippen LogP contribution < -0.4 is 5.73 Å². The summed E-state index contributed by atoms with van der Waals surface area (Å²) in [7, 11) is 0. The van der Waals surface area contributed by atoms with Gasteiger partial charge in [0.1, 0.15) is 11.2 Å². The van der Waals surface area contributed by atoms with E-state index in [9.17, 15) is 22.0 Å². The summed E-state index contributed by atoms with van der Waals surface area (Å²) in [5.41, 5.74) is 4.89. The van der Waals surface area contributed by atoms with Crippen LogP contribution >= 0.6 is 24.0 Å². The minimum atomic E-state index is -5.76. The highest BCUT2D eigenvalue weighted by Gasteiger charge is 2.62. The number of hydrogen-bond acceptors (Lipinski definition) is 2. The molecule has 0 unspecified atom stereocenters. The van der Waals surface area contributed by atoms with Gasteiger partial charge in [0.2, 0.25) is 0 Å². The van der Waals surface area contributed by atoms with E-state index >= 15 is 0 Å². The van der Waals surface area contributed by atoms with E-state index in [1.165, 1.54) is 6.07 Å². The van der Waals surface area contributed by atoms with Crippen molar-refractivity contribution in [2.75, 3.05) is 0 Å². The molecule has 2 N–H and O–H groups in total. The van der Waals surface area contributed by atoms with Crippen molar-refractivity contribution in [2.45, 2.75) is 18.1 Å². The van der Waals surface area contributed by atoms with Crippen LogP contribution in [0.4, 0.5) is 22.0 Å². The van der Waals surface area contributed by atoms with E-state index in [2.05, 4.69) is 4.98 Å². The first-order chi connectivity index (χ1) is 9.14. The molecule has 2 rings (SSSR count). The normalized spacial score (nSPS) is 13.9. The minimum Gasteiger partial charge on any atom is -0.319 e. The highest BCUT2D eigenvalue weighted by molar-refractivity contribution is 6.30. The van der Waals surface area contributed by atoms with Crippen molar-refractivity contribution in [1.82, 2.24) is 4.98 Å². The average Bonchev–Trinajstić information content (AvgIpc) is 2.35. The lowest BCUT2D eigenvalue weighted by molar-refractivity contribution is -0.291. The van der Waals surface area contributed by atoms with Gasteiger partial charge >= 0.3 is 12.1 Å². The molecule has 116 valence electrons. The smallest absolute Gasteiger partial charge is 0.319 e. The predicted molar refractivity (Wildman–Crippen MR) is 71.9 cm³/mol. The SMILES string of the molecule is Cl.N[C@H](c1cc2ccccc2nc1Cl)C(F)(F)C(F)(F)F. The van der Waals surface area contributed by atoms with Crippen molar-refractivity contribution in [3.05, 3.63) is 41.0 Å². The van der Waals surface area contributed by atoms with Crippen LogP contribution in [-0.2, 0) is 0 Å². The topological polar surface area (TPSA) is 38.9 Å². The van der Waals surface area contributed by atoms with E-state index in [4.69, 9.17) is 17.3 Å². The molecule has 0 radical (unpaired) electrons. The number of rotatable bonds is 2. The maximum absolute atomic E-state index is 13.3. The van der Waals surface area contributed by atoms with Gasteiger partial charge in [-0.25, -0.2) is 4.98 Å². The molecule has 21 heavy (non-hydrogen) atoms. The standard InChI is InChI=1S/C12H8ClF5N2.ClH/c13-10-7(9(19)11(14,15)12(16,17)18)5-6-3-1-2-4-8(6)20-10;/h1-5,9H,19H2;1H/t9-;/m1./s1. The van der Waals surface area contributed by atoms with Crippen molar-refractivity contribution < 1.29 is 22.0 Å². The van der Waals surface area contributed by atoms with Gasteiger partial charge in [0.15, 0.2) is 0 Å². The van der Waals surface area contributed by atoms with Gasteiger partial charge in [0, 0.05) is 10.9 Å². The quantitative estimate of drug-likeness (QED) is 0.641. The molecule has 9 heteroatoms. The third-order valence-corrected chi connectivity index (χ3v) is 3.11. The van der Waals surface area contributed by atoms with Gasteiger partial charge < -0.3 is 5.73 Å². The van der Waals surface area contributed by atoms with Crippen LogP contribution in [-0.4, -0.2) is 17.1 Å². The fourth-order valence-corrected chi connectivity index (χ4v) is 1.96. The minimum absolute atomic E-state index is 0. The summed E-state index contributed by atoms with van der Waals surface area (Å²) in [4.78, 5) is 3.78. The summed E-state index contributed by atoms with van der Waals surface area (Å²) < 4.78 is 63.5. The van der Waals surface area contributed by atoms with Crippen LogP contribution in [0.2, 0.25) is 5.15 Å². The number of pyridine rings is 1. The van der Waals surface area contributed by atoms with Crippen LogP contribution in [0.3, 0.4) is 0 Å². The third-order valence-electron chi connectivity index (χ3n) is 2.81. The van der Waals surface area contributed by atoms with Crippen molar-refractivity contribution in [3.8, 4) is 0 Å². The lowest BCUT2D eigenvalue weighted by Crippen LogP contribution is -2.46. The Morgan fingerprint density at radius 2 is 1.67 bits per heavy atom. The van der Waals surface area contributed by atoms with Gasteiger partial charge in [0.25, 0.3) is 0 Å². The molecule has 0 aliphatic heterocycles. The number of para-hydroxylation sites is 1. The van der Waals surface area contributed by atoms with E-state index in [0.717, 1.165) is 6.07 Å². The fraction of sp³-hybridized carbons (Fsp3) is 0.250. The summed E-state index contributed by atoms with van der Waals surface area (Å²) in [5, 5.41) is -0.0968. The Morgan fingerprint density at radius 3 is 2.24 bits per heavy atom. The molecule has 1 atom stereocenters. The van der Waals surface area contributed by atoms with Gasteiger partial charge in [-0.1, -0.05) is 29.8 Å². The Balaban J connectivity index is 0.00000220. The van der Waals surface area contributed by atoms with Gasteiger partial charge in [-0.3, -0.25) is 0 Å². The molecule has 0 saturated heterocycles. The Bertz CT molecular complexity index is 645. The number of benzene rings is 1. The molecule has 0 spiro atoms. The lowest BCUT2D eigenvalue weighted by atomic mass is 10.0. The molecule has 2 nitrogen and oxygen atoms in total. The lowest BCUT2D eigenvalue weighted by Gasteiger charge is -2.26. The third kappa shape index (κ3) is 3.20. The summed E-state index contributed by atoms with van der Waals surface area (Å²) >= 11 is 5.66. The summed E-state index contributed by atoms with van der Waals surface area (Å²) in [6.07, 6.45) is -5.76. The zero-order valence-electron chi connectivity index (χ0n) is 10.2. The van der Waals surface area contributed by atoms with E-state index in [1.54, 1.807) is 18.2 Å². The van der Waals surface area contributed by atoms with E-state index in [0.29, 0.717) is 10.9 Å². The number of nitrogens with two attached hydrogens (primary N) is 1. The highest BCUT2D eigenvalue weighted by Crippen LogP contribution is 2.44. The predicted octanol–water partition coefficient (Wildman–Crippen LogP) is 4.51. The van der Waals surface area contributed by atoms with Crippen molar-refractivity contribution in [2.24, 2.45) is 5.73 Å². The molecular weight excluding hydrogens is 338 g/mol. The highest BCUT2D eigenvalue weighted by atomic mass is 35.5. The molecular formula is C12H9Cl2F5N2. The molecule has 0 amide bonds. The molecule has 0 aliphatic carbocycles. The van der Waals surface area contributed by atoms with Gasteiger partial charge in [-0.2, -0.15) is 22.0 Å². The number of halogens is 7. The second-order valence-electron chi connectivity index (χ2n) is 4.16. The molecule has 0 saturated carbocycles. The van der Waals surface area contributed by atoms with Crippen LogP contribution in [0.15, 0.2) is 30.3 Å². The molecule has 1 aromatic heterocycles. The van der Waals surface area contributed by atoms with Crippen molar-refractivity contribution in [1.29, 1.82) is 0 Å². The summed E-state index contributed by atoms with van der Waals surface area (Å²) in [6.45, 7) is 0. The van der Waals surface area contributed by atoms with Gasteiger partial charge in [-0.05, 0) is 12.1 Å². The number of nitrogens with zero attached hydrogens (tertiary/aromatic N) is 1. The van der Waals surface area contributed by atoms with Crippen LogP contribution in [0.1, 0.15) is 11.6 Å². The molecule has 0 fully saturated rings. The first kappa shape index (κ1) is 17.9. The second-order valence-corrected chi connectivity index (χ2v) is 4.52. The monoisotopic (exact) mass is 346 g/mol. The van der Waals surface area contributed by atoms with Crippen LogP contribution in [0.25, 0.3) is 10.9 Å². The number of hydrogen-bond donors (Lipinski definition) is 1. The van der Waals surface area contributed by atoms with E-state index in [1.807, 2.05) is 0 Å². The largest absolute Gasteiger partial charge is 0.455 e. The Labute approximate surface area is 127 Å². The maximum Gasteiger partial charge on any atom is 0.455 e. The van der Waals surface area contributed by atoms with Crippen LogP contribution in [0.5, 0.6) is 0 Å². The fourth-order valence-electron chi connectivity index (χ4n) is 1.70. The Kier molecular flexibility index (Phi) is 5.02. The van der Waals surface area contributed by atoms with E-state index < -0.39 is 28.9 Å². The molecule has 0 aliphatic rings. The van der Waals surface area contributed by atoms with Crippen molar-refractivity contribution in [3.63, 3.8) is 0 Å². The van der Waals surface area contributed by atoms with Gasteiger partial charge in [-0.15, -0.1) is 12.4 Å². The molecule has 2 aromatic rings. The van der Waals surface area contributed by atoms with Crippen LogP contribution in [0, 0.1) is 0 Å². The number of alkyl halides is 5.